The molecule has 2 aromatic heterocycles. The Kier molecular flexibility index (Phi) is 3.50. The van der Waals surface area contributed by atoms with E-state index >= 15 is 0 Å². The Balaban J connectivity index is 1.71. The van der Waals surface area contributed by atoms with Gasteiger partial charge in [-0.15, -0.1) is 11.3 Å². The zero-order chi connectivity index (χ0) is 12.4. The van der Waals surface area contributed by atoms with Crippen LogP contribution in [0.4, 0.5) is 5.82 Å². The van der Waals surface area contributed by atoms with E-state index < -0.39 is 0 Å². The number of anilines is 1. The minimum Gasteiger partial charge on any atom is -0.369 e. The zero-order valence-corrected chi connectivity index (χ0v) is 11.7. The van der Waals surface area contributed by atoms with E-state index in [-0.39, 0.29) is 0 Å². The zero-order valence-electron chi connectivity index (χ0n) is 10.9. The molecule has 2 heterocycles. The lowest BCUT2D eigenvalue weighted by Gasteiger charge is -2.29. The van der Waals surface area contributed by atoms with E-state index in [9.17, 15) is 0 Å². The molecule has 0 bridgehead atoms. The van der Waals surface area contributed by atoms with Gasteiger partial charge in [0.2, 0.25) is 0 Å². The molecule has 1 N–H and O–H groups in total. The third-order valence-corrected chi connectivity index (χ3v) is 5.08. The van der Waals surface area contributed by atoms with Gasteiger partial charge in [-0.3, -0.25) is 0 Å². The highest BCUT2D eigenvalue weighted by molar-refractivity contribution is 7.17. The molecule has 2 atom stereocenters. The second-order valence-electron chi connectivity index (χ2n) is 5.39. The van der Waals surface area contributed by atoms with E-state index in [2.05, 4.69) is 34.7 Å². The molecular weight excluding hydrogens is 240 g/mol. The third-order valence-electron chi connectivity index (χ3n) is 4.20. The summed E-state index contributed by atoms with van der Waals surface area (Å²) in [6, 6.07) is 4.26. The lowest BCUT2D eigenvalue weighted by Crippen LogP contribution is -2.24. The Hall–Kier alpha value is -1.09. The van der Waals surface area contributed by atoms with Crippen LogP contribution < -0.4 is 5.32 Å². The fourth-order valence-electron chi connectivity index (χ4n) is 2.96. The van der Waals surface area contributed by atoms with Crippen molar-refractivity contribution in [3.8, 4) is 0 Å². The lowest BCUT2D eigenvalue weighted by molar-refractivity contribution is 0.268. The van der Waals surface area contributed by atoms with Crippen LogP contribution in [0.2, 0.25) is 0 Å². The molecule has 0 radical (unpaired) electrons. The second kappa shape index (κ2) is 5.27. The molecule has 0 aliphatic heterocycles. The standard InChI is InChI=1S/C15H20N2S/c1-11-4-2-3-5-12(11)10-17-15-13-7-9-18-14(13)6-8-16-15/h6-9,11-12H,2-5,10H2,1H3,(H,16,17). The summed E-state index contributed by atoms with van der Waals surface area (Å²) in [6.07, 6.45) is 7.48. The minimum absolute atomic E-state index is 0.814. The first-order valence-corrected chi connectivity index (χ1v) is 7.78. The Morgan fingerprint density at radius 3 is 3.11 bits per heavy atom. The van der Waals surface area contributed by atoms with Gasteiger partial charge in [0.05, 0.1) is 0 Å². The number of nitrogens with one attached hydrogen (secondary N) is 1. The van der Waals surface area contributed by atoms with Gasteiger partial charge in [0, 0.05) is 22.8 Å². The van der Waals surface area contributed by atoms with Gasteiger partial charge in [-0.2, -0.15) is 0 Å². The van der Waals surface area contributed by atoms with Gasteiger partial charge in [0.25, 0.3) is 0 Å². The van der Waals surface area contributed by atoms with Crippen molar-refractivity contribution >= 4 is 27.2 Å². The van der Waals surface area contributed by atoms with Crippen LogP contribution in [0.1, 0.15) is 32.6 Å². The Labute approximate surface area is 112 Å². The van der Waals surface area contributed by atoms with Crippen LogP contribution in [0.25, 0.3) is 10.1 Å². The smallest absolute Gasteiger partial charge is 0.134 e. The van der Waals surface area contributed by atoms with Gasteiger partial charge in [-0.05, 0) is 35.8 Å². The number of thiophene rings is 1. The fraction of sp³-hybridized carbons (Fsp3) is 0.533. The first-order chi connectivity index (χ1) is 8.84. The summed E-state index contributed by atoms with van der Waals surface area (Å²) in [6.45, 7) is 3.47. The summed E-state index contributed by atoms with van der Waals surface area (Å²) >= 11 is 1.78. The number of rotatable bonds is 3. The quantitative estimate of drug-likeness (QED) is 0.876. The minimum atomic E-state index is 0.814. The Bertz CT molecular complexity index is 520. The molecular formula is C15H20N2S. The molecule has 2 nitrogen and oxygen atoms in total. The van der Waals surface area contributed by atoms with Crippen molar-refractivity contribution in [2.75, 3.05) is 11.9 Å². The predicted molar refractivity (Wildman–Crippen MR) is 79.2 cm³/mol. The topological polar surface area (TPSA) is 24.9 Å². The number of hydrogen-bond acceptors (Lipinski definition) is 3. The molecule has 1 aliphatic rings. The molecule has 0 aromatic carbocycles. The summed E-state index contributed by atoms with van der Waals surface area (Å²) in [5.41, 5.74) is 0. The Morgan fingerprint density at radius 1 is 1.33 bits per heavy atom. The number of nitrogens with zero attached hydrogens (tertiary/aromatic N) is 1. The molecule has 3 rings (SSSR count). The average molecular weight is 260 g/mol. The molecule has 3 heteroatoms. The van der Waals surface area contributed by atoms with Crippen molar-refractivity contribution in [3.63, 3.8) is 0 Å². The van der Waals surface area contributed by atoms with Crippen molar-refractivity contribution < 1.29 is 0 Å². The maximum atomic E-state index is 4.48. The number of pyridine rings is 1. The highest BCUT2D eigenvalue weighted by Crippen LogP contribution is 2.31. The number of fused-ring (bicyclic) bond motifs is 1. The van der Waals surface area contributed by atoms with Crippen LogP contribution in [-0.4, -0.2) is 11.5 Å². The van der Waals surface area contributed by atoms with E-state index in [0.29, 0.717) is 0 Å². The summed E-state index contributed by atoms with van der Waals surface area (Å²) in [4.78, 5) is 4.48. The van der Waals surface area contributed by atoms with E-state index in [1.165, 1.54) is 35.8 Å². The van der Waals surface area contributed by atoms with Crippen LogP contribution in [0, 0.1) is 11.8 Å². The monoisotopic (exact) mass is 260 g/mol. The molecule has 18 heavy (non-hydrogen) atoms. The van der Waals surface area contributed by atoms with E-state index in [0.717, 1.165) is 24.2 Å². The summed E-state index contributed by atoms with van der Waals surface area (Å²) in [5.74, 6) is 2.73. The second-order valence-corrected chi connectivity index (χ2v) is 6.34. The predicted octanol–water partition coefficient (Wildman–Crippen LogP) is 4.53. The highest BCUT2D eigenvalue weighted by atomic mass is 32.1. The molecule has 2 unspecified atom stereocenters. The third kappa shape index (κ3) is 2.37. The van der Waals surface area contributed by atoms with Crippen molar-refractivity contribution in [2.24, 2.45) is 11.8 Å². The maximum absolute atomic E-state index is 4.48. The molecule has 2 aromatic rings. The van der Waals surface area contributed by atoms with Crippen LogP contribution in [0.15, 0.2) is 23.7 Å². The molecule has 0 spiro atoms. The van der Waals surface area contributed by atoms with Crippen LogP contribution in [0.3, 0.4) is 0 Å². The van der Waals surface area contributed by atoms with E-state index in [1.54, 1.807) is 11.3 Å². The van der Waals surface area contributed by atoms with Gasteiger partial charge in [-0.1, -0.05) is 26.2 Å². The Morgan fingerprint density at radius 2 is 2.22 bits per heavy atom. The lowest BCUT2D eigenvalue weighted by atomic mass is 9.80. The normalized spacial score (nSPS) is 24.3. The van der Waals surface area contributed by atoms with Crippen LogP contribution >= 0.6 is 11.3 Å². The van der Waals surface area contributed by atoms with Crippen LogP contribution in [0.5, 0.6) is 0 Å². The molecule has 0 saturated heterocycles. The van der Waals surface area contributed by atoms with Crippen LogP contribution in [-0.2, 0) is 0 Å². The first-order valence-electron chi connectivity index (χ1n) is 6.90. The largest absolute Gasteiger partial charge is 0.369 e. The van der Waals surface area contributed by atoms with Crippen molar-refractivity contribution in [1.29, 1.82) is 0 Å². The van der Waals surface area contributed by atoms with Crippen molar-refractivity contribution in [1.82, 2.24) is 4.98 Å². The van der Waals surface area contributed by atoms with E-state index in [4.69, 9.17) is 0 Å². The molecule has 1 aliphatic carbocycles. The molecule has 1 fully saturated rings. The van der Waals surface area contributed by atoms with Gasteiger partial charge in [0.15, 0.2) is 0 Å². The number of hydrogen-bond donors (Lipinski definition) is 1. The van der Waals surface area contributed by atoms with Gasteiger partial charge in [-0.25, -0.2) is 4.98 Å². The van der Waals surface area contributed by atoms with E-state index in [1.807, 2.05) is 6.20 Å². The summed E-state index contributed by atoms with van der Waals surface area (Å²) < 4.78 is 1.32. The highest BCUT2D eigenvalue weighted by Gasteiger charge is 2.21. The van der Waals surface area contributed by atoms with Gasteiger partial charge in [0.1, 0.15) is 5.82 Å². The van der Waals surface area contributed by atoms with Crippen molar-refractivity contribution in [3.05, 3.63) is 23.7 Å². The summed E-state index contributed by atoms with van der Waals surface area (Å²) in [5, 5.41) is 6.98. The van der Waals surface area contributed by atoms with Gasteiger partial charge >= 0.3 is 0 Å². The first kappa shape index (κ1) is 12.0. The molecule has 96 valence electrons. The SMILES string of the molecule is CC1CCCCC1CNc1nccc2sccc12. The molecule has 1 saturated carbocycles. The molecule has 0 amide bonds. The maximum Gasteiger partial charge on any atom is 0.134 e. The van der Waals surface area contributed by atoms with Crippen molar-refractivity contribution in [2.45, 2.75) is 32.6 Å². The average Bonchev–Trinajstić information content (AvgIpc) is 2.86. The summed E-state index contributed by atoms with van der Waals surface area (Å²) in [7, 11) is 0. The van der Waals surface area contributed by atoms with Gasteiger partial charge < -0.3 is 5.32 Å². The fourth-order valence-corrected chi connectivity index (χ4v) is 3.74. The number of aromatic nitrogens is 1.